The number of rotatable bonds is 7. The molecule has 2 rings (SSSR count). The van der Waals surface area contributed by atoms with Crippen LogP contribution in [0.1, 0.15) is 30.0 Å². The number of hydrogen-bond donors (Lipinski definition) is 1. The topological polar surface area (TPSA) is 35.8 Å². The summed E-state index contributed by atoms with van der Waals surface area (Å²) in [5.41, 5.74) is 3.23. The zero-order valence-corrected chi connectivity index (χ0v) is 13.1. The highest BCUT2D eigenvalue weighted by Crippen LogP contribution is 2.24. The number of nitrogens with zero attached hydrogens (tertiary/aromatic N) is 1. The molecule has 0 fully saturated rings. The number of nitriles is 1. The molecule has 3 heteroatoms. The van der Waals surface area contributed by atoms with Crippen LogP contribution in [0.2, 0.25) is 0 Å². The Kier molecular flexibility index (Phi) is 6.33. The zero-order chi connectivity index (χ0) is 14.9. The van der Waals surface area contributed by atoms with E-state index < -0.39 is 0 Å². The van der Waals surface area contributed by atoms with Gasteiger partial charge in [0.25, 0.3) is 0 Å². The van der Waals surface area contributed by atoms with Crippen LogP contribution < -0.4 is 5.32 Å². The van der Waals surface area contributed by atoms with E-state index in [1.165, 1.54) is 16.0 Å². The molecule has 0 aromatic heterocycles. The van der Waals surface area contributed by atoms with Gasteiger partial charge in [-0.3, -0.25) is 0 Å². The first kappa shape index (κ1) is 15.6. The van der Waals surface area contributed by atoms with Gasteiger partial charge in [-0.2, -0.15) is 5.26 Å². The highest BCUT2D eigenvalue weighted by atomic mass is 32.2. The average Bonchev–Trinajstić information content (AvgIpc) is 2.54. The van der Waals surface area contributed by atoms with E-state index in [1.807, 2.05) is 30.0 Å². The van der Waals surface area contributed by atoms with Crippen LogP contribution in [-0.4, -0.2) is 6.54 Å². The summed E-state index contributed by atoms with van der Waals surface area (Å²) in [6, 6.07) is 18.6. The van der Waals surface area contributed by atoms with Gasteiger partial charge in [0.15, 0.2) is 0 Å². The van der Waals surface area contributed by atoms with Crippen molar-refractivity contribution in [1.82, 2.24) is 5.32 Å². The number of thioether (sulfide) groups is 1. The second-order valence-electron chi connectivity index (χ2n) is 4.93. The predicted octanol–water partition coefficient (Wildman–Crippen LogP) is 4.35. The normalized spacial score (nSPS) is 10.3. The molecule has 0 bridgehead atoms. The maximum Gasteiger partial charge on any atom is 0.0991 e. The van der Waals surface area contributed by atoms with Crippen molar-refractivity contribution in [3.8, 4) is 6.07 Å². The van der Waals surface area contributed by atoms with Gasteiger partial charge in [-0.15, -0.1) is 11.8 Å². The van der Waals surface area contributed by atoms with Gasteiger partial charge in [0.2, 0.25) is 0 Å². The van der Waals surface area contributed by atoms with Crippen molar-refractivity contribution in [3.05, 3.63) is 65.2 Å². The predicted molar refractivity (Wildman–Crippen MR) is 89.2 cm³/mol. The van der Waals surface area contributed by atoms with E-state index in [9.17, 15) is 0 Å². The smallest absolute Gasteiger partial charge is 0.0991 e. The van der Waals surface area contributed by atoms with Crippen LogP contribution in [0.25, 0.3) is 0 Å². The minimum absolute atomic E-state index is 0.727. The summed E-state index contributed by atoms with van der Waals surface area (Å²) in [6.45, 7) is 4.15. The summed E-state index contributed by atoms with van der Waals surface area (Å²) < 4.78 is 0. The Bertz CT molecular complexity index is 617. The van der Waals surface area contributed by atoms with E-state index in [4.69, 9.17) is 5.26 Å². The van der Waals surface area contributed by atoms with Crippen LogP contribution in [0.3, 0.4) is 0 Å². The first-order valence-corrected chi connectivity index (χ1v) is 8.22. The second-order valence-corrected chi connectivity index (χ2v) is 5.97. The summed E-state index contributed by atoms with van der Waals surface area (Å²) in [6.07, 6.45) is 1.16. The van der Waals surface area contributed by atoms with Gasteiger partial charge >= 0.3 is 0 Å². The van der Waals surface area contributed by atoms with E-state index >= 15 is 0 Å². The monoisotopic (exact) mass is 296 g/mol. The van der Waals surface area contributed by atoms with Crippen molar-refractivity contribution in [2.75, 3.05) is 6.54 Å². The molecule has 0 amide bonds. The van der Waals surface area contributed by atoms with E-state index in [0.29, 0.717) is 0 Å². The zero-order valence-electron chi connectivity index (χ0n) is 12.3. The summed E-state index contributed by atoms with van der Waals surface area (Å²) >= 11 is 1.81. The molecule has 21 heavy (non-hydrogen) atoms. The van der Waals surface area contributed by atoms with Crippen LogP contribution >= 0.6 is 11.8 Å². The first-order chi connectivity index (χ1) is 10.3. The summed E-state index contributed by atoms with van der Waals surface area (Å²) in [5.74, 6) is 0.890. The van der Waals surface area contributed by atoms with Crippen LogP contribution in [0.4, 0.5) is 0 Å². The van der Waals surface area contributed by atoms with E-state index in [-0.39, 0.29) is 0 Å². The number of nitrogens with one attached hydrogen (secondary N) is 1. The standard InChI is InChI=1S/C18H20N2S/c1-2-9-20-13-16-6-4-8-18(11-16)21-14-17-7-3-5-15(10-17)12-19/h3-8,10-11,20H,2,9,13-14H2,1H3. The van der Waals surface area contributed by atoms with Gasteiger partial charge in [0.1, 0.15) is 0 Å². The van der Waals surface area contributed by atoms with Crippen LogP contribution in [0.5, 0.6) is 0 Å². The van der Waals surface area contributed by atoms with Crippen molar-refractivity contribution >= 4 is 11.8 Å². The molecule has 0 aliphatic carbocycles. The van der Waals surface area contributed by atoms with Crippen LogP contribution in [0.15, 0.2) is 53.4 Å². The van der Waals surface area contributed by atoms with Crippen molar-refractivity contribution in [3.63, 3.8) is 0 Å². The molecule has 0 radical (unpaired) electrons. The largest absolute Gasteiger partial charge is 0.313 e. The second kappa shape index (κ2) is 8.51. The van der Waals surface area contributed by atoms with Gasteiger partial charge in [-0.1, -0.05) is 31.2 Å². The lowest BCUT2D eigenvalue weighted by Crippen LogP contribution is -2.13. The maximum absolute atomic E-state index is 8.92. The molecule has 0 aliphatic rings. The molecule has 2 aromatic carbocycles. The van der Waals surface area contributed by atoms with Gasteiger partial charge < -0.3 is 5.32 Å². The first-order valence-electron chi connectivity index (χ1n) is 7.23. The summed E-state index contributed by atoms with van der Waals surface area (Å²) in [5, 5.41) is 12.3. The Morgan fingerprint density at radius 1 is 1.10 bits per heavy atom. The molecular weight excluding hydrogens is 276 g/mol. The quantitative estimate of drug-likeness (QED) is 0.609. The third-order valence-electron chi connectivity index (χ3n) is 3.12. The van der Waals surface area contributed by atoms with E-state index in [2.05, 4.69) is 48.6 Å². The third kappa shape index (κ3) is 5.26. The van der Waals surface area contributed by atoms with Gasteiger partial charge in [-0.25, -0.2) is 0 Å². The van der Waals surface area contributed by atoms with Crippen molar-refractivity contribution in [2.45, 2.75) is 30.5 Å². The fraction of sp³-hybridized carbons (Fsp3) is 0.278. The molecule has 1 N–H and O–H groups in total. The van der Waals surface area contributed by atoms with E-state index in [1.54, 1.807) is 0 Å². The Balaban J connectivity index is 1.93. The van der Waals surface area contributed by atoms with E-state index in [0.717, 1.165) is 30.8 Å². The Morgan fingerprint density at radius 3 is 2.71 bits per heavy atom. The molecule has 2 aromatic rings. The molecule has 0 saturated carbocycles. The highest BCUT2D eigenvalue weighted by Gasteiger charge is 2.00. The lowest BCUT2D eigenvalue weighted by Gasteiger charge is -2.07. The number of benzene rings is 2. The average molecular weight is 296 g/mol. The lowest BCUT2D eigenvalue weighted by molar-refractivity contribution is 0.674. The highest BCUT2D eigenvalue weighted by molar-refractivity contribution is 7.98. The Labute approximate surface area is 131 Å². The molecular formula is C18H20N2S. The summed E-state index contributed by atoms with van der Waals surface area (Å²) in [7, 11) is 0. The maximum atomic E-state index is 8.92. The molecule has 0 aliphatic heterocycles. The van der Waals surface area contributed by atoms with Gasteiger partial charge in [-0.05, 0) is 48.4 Å². The molecule has 0 spiro atoms. The molecule has 108 valence electrons. The minimum Gasteiger partial charge on any atom is -0.313 e. The number of hydrogen-bond acceptors (Lipinski definition) is 3. The Morgan fingerprint density at radius 2 is 1.90 bits per heavy atom. The molecule has 0 atom stereocenters. The van der Waals surface area contributed by atoms with Gasteiger partial charge in [0.05, 0.1) is 11.6 Å². The van der Waals surface area contributed by atoms with Crippen LogP contribution in [-0.2, 0) is 12.3 Å². The fourth-order valence-electron chi connectivity index (χ4n) is 2.05. The fourth-order valence-corrected chi connectivity index (χ4v) is 2.97. The SMILES string of the molecule is CCCNCc1cccc(SCc2cccc(C#N)c2)c1. The van der Waals surface area contributed by atoms with Crippen LogP contribution in [0, 0.1) is 11.3 Å². The van der Waals surface area contributed by atoms with Crippen molar-refractivity contribution in [1.29, 1.82) is 5.26 Å². The van der Waals surface area contributed by atoms with Crippen molar-refractivity contribution in [2.24, 2.45) is 0 Å². The summed E-state index contributed by atoms with van der Waals surface area (Å²) in [4.78, 5) is 1.27. The Hall–Kier alpha value is -1.76. The molecule has 0 saturated heterocycles. The van der Waals surface area contributed by atoms with Gasteiger partial charge in [0, 0.05) is 17.2 Å². The molecule has 0 heterocycles. The minimum atomic E-state index is 0.727. The molecule has 2 nitrogen and oxygen atoms in total. The van der Waals surface area contributed by atoms with Crippen molar-refractivity contribution < 1.29 is 0 Å². The molecule has 0 unspecified atom stereocenters. The third-order valence-corrected chi connectivity index (χ3v) is 4.18. The lowest BCUT2D eigenvalue weighted by atomic mass is 10.2.